The van der Waals surface area contributed by atoms with Crippen LogP contribution in [-0.4, -0.2) is 45.5 Å². The zero-order valence-corrected chi connectivity index (χ0v) is 11.9. The van der Waals surface area contributed by atoms with Crippen molar-refractivity contribution in [3.05, 3.63) is 0 Å². The molecule has 6 heteroatoms. The molecular formula is C12H24N2O3S. The predicted octanol–water partition coefficient (Wildman–Crippen LogP) is 0.317. The van der Waals surface area contributed by atoms with Crippen LogP contribution in [0.3, 0.4) is 0 Å². The molecule has 0 spiro atoms. The summed E-state index contributed by atoms with van der Waals surface area (Å²) in [6, 6.07) is 0. The van der Waals surface area contributed by atoms with Gasteiger partial charge in [0.25, 0.3) is 0 Å². The molecule has 1 amide bonds. The van der Waals surface area contributed by atoms with Gasteiger partial charge in [-0.15, -0.1) is 0 Å². The molecule has 0 aromatic carbocycles. The molecule has 0 aliphatic carbocycles. The first-order valence-electron chi connectivity index (χ1n) is 6.71. The van der Waals surface area contributed by atoms with Gasteiger partial charge < -0.3 is 10.6 Å². The Kier molecular flexibility index (Phi) is 6.63. The molecule has 0 bridgehead atoms. The minimum absolute atomic E-state index is 0.126. The van der Waals surface area contributed by atoms with Crippen molar-refractivity contribution in [1.82, 2.24) is 10.6 Å². The lowest BCUT2D eigenvalue weighted by atomic mass is 10.0. The second kappa shape index (κ2) is 7.74. The number of hydrogen-bond donors (Lipinski definition) is 2. The lowest BCUT2D eigenvalue weighted by Gasteiger charge is -2.22. The van der Waals surface area contributed by atoms with Crippen LogP contribution in [0.15, 0.2) is 0 Å². The van der Waals surface area contributed by atoms with E-state index in [4.69, 9.17) is 0 Å². The average Bonchev–Trinajstić information content (AvgIpc) is 2.29. The van der Waals surface area contributed by atoms with Crippen molar-refractivity contribution in [1.29, 1.82) is 0 Å². The van der Waals surface area contributed by atoms with Crippen molar-refractivity contribution in [3.8, 4) is 0 Å². The fourth-order valence-electron chi connectivity index (χ4n) is 2.14. The van der Waals surface area contributed by atoms with Crippen LogP contribution in [0.5, 0.6) is 0 Å². The molecule has 1 atom stereocenters. The third kappa shape index (κ3) is 6.35. The number of amides is 1. The molecule has 0 radical (unpaired) electrons. The molecule has 1 unspecified atom stereocenters. The lowest BCUT2D eigenvalue weighted by molar-refractivity contribution is -0.118. The fourth-order valence-corrected chi connectivity index (χ4v) is 3.76. The summed E-state index contributed by atoms with van der Waals surface area (Å²) < 4.78 is 23.7. The largest absolute Gasteiger partial charge is 0.355 e. The van der Waals surface area contributed by atoms with Gasteiger partial charge in [0.2, 0.25) is 5.91 Å². The maximum absolute atomic E-state index is 11.9. The summed E-state index contributed by atoms with van der Waals surface area (Å²) in [5.41, 5.74) is 0. The van der Waals surface area contributed by atoms with E-state index in [0.717, 1.165) is 38.8 Å². The maximum Gasteiger partial charge on any atom is 0.235 e. The van der Waals surface area contributed by atoms with E-state index in [1.165, 1.54) is 0 Å². The average molecular weight is 276 g/mol. The molecular weight excluding hydrogens is 252 g/mol. The summed E-state index contributed by atoms with van der Waals surface area (Å²) in [7, 11) is -3.27. The Hall–Kier alpha value is -0.620. The van der Waals surface area contributed by atoms with Crippen LogP contribution in [0.2, 0.25) is 0 Å². The smallest absolute Gasteiger partial charge is 0.235 e. The van der Waals surface area contributed by atoms with Gasteiger partial charge in [0.15, 0.2) is 9.84 Å². The summed E-state index contributed by atoms with van der Waals surface area (Å²) in [6.45, 7) is 4.31. The highest BCUT2D eigenvalue weighted by Crippen LogP contribution is 2.12. The van der Waals surface area contributed by atoms with Crippen molar-refractivity contribution >= 4 is 15.7 Å². The van der Waals surface area contributed by atoms with E-state index >= 15 is 0 Å². The van der Waals surface area contributed by atoms with E-state index in [0.29, 0.717) is 6.54 Å². The molecule has 0 aromatic heterocycles. The zero-order chi connectivity index (χ0) is 13.4. The van der Waals surface area contributed by atoms with Gasteiger partial charge in [-0.25, -0.2) is 8.42 Å². The Morgan fingerprint density at radius 2 is 2.22 bits per heavy atom. The van der Waals surface area contributed by atoms with Crippen LogP contribution in [0.1, 0.15) is 32.6 Å². The summed E-state index contributed by atoms with van der Waals surface area (Å²) >= 11 is 0. The molecule has 2 N–H and O–H groups in total. The lowest BCUT2D eigenvalue weighted by Crippen LogP contribution is -2.37. The van der Waals surface area contributed by atoms with Gasteiger partial charge in [-0.3, -0.25) is 4.79 Å². The monoisotopic (exact) mass is 276 g/mol. The number of sulfone groups is 1. The molecule has 1 saturated heterocycles. The summed E-state index contributed by atoms with van der Waals surface area (Å²) in [4.78, 5) is 11.5. The van der Waals surface area contributed by atoms with Crippen LogP contribution in [0.4, 0.5) is 0 Å². The van der Waals surface area contributed by atoms with Gasteiger partial charge in [-0.05, 0) is 38.3 Å². The molecule has 1 rings (SSSR count). The topological polar surface area (TPSA) is 75.3 Å². The Morgan fingerprint density at radius 3 is 2.83 bits per heavy atom. The van der Waals surface area contributed by atoms with Crippen LogP contribution in [0.25, 0.3) is 0 Å². The van der Waals surface area contributed by atoms with Gasteiger partial charge in [-0.2, -0.15) is 0 Å². The first-order valence-corrected chi connectivity index (χ1v) is 8.53. The Morgan fingerprint density at radius 1 is 1.44 bits per heavy atom. The van der Waals surface area contributed by atoms with Crippen molar-refractivity contribution in [2.24, 2.45) is 5.92 Å². The molecule has 0 aromatic rings. The van der Waals surface area contributed by atoms with Crippen molar-refractivity contribution in [2.45, 2.75) is 32.6 Å². The van der Waals surface area contributed by atoms with E-state index in [1.807, 2.05) is 6.92 Å². The normalized spacial score (nSPS) is 20.6. The van der Waals surface area contributed by atoms with E-state index in [2.05, 4.69) is 10.6 Å². The number of piperidine rings is 1. The summed E-state index contributed by atoms with van der Waals surface area (Å²) in [5, 5.41) is 5.83. The van der Waals surface area contributed by atoms with E-state index < -0.39 is 9.84 Å². The highest BCUT2D eigenvalue weighted by atomic mass is 32.2. The Bertz CT molecular complexity index is 348. The zero-order valence-electron chi connectivity index (χ0n) is 11.1. The van der Waals surface area contributed by atoms with E-state index in [1.54, 1.807) is 0 Å². The SMILES string of the molecule is CCCCNC(=O)CS(=O)(=O)CC1CCCNC1. The van der Waals surface area contributed by atoms with Crippen LogP contribution in [0, 0.1) is 5.92 Å². The van der Waals surface area contributed by atoms with Gasteiger partial charge >= 0.3 is 0 Å². The van der Waals surface area contributed by atoms with Crippen molar-refractivity contribution in [3.63, 3.8) is 0 Å². The highest BCUT2D eigenvalue weighted by Gasteiger charge is 2.23. The third-order valence-electron chi connectivity index (χ3n) is 3.09. The molecule has 18 heavy (non-hydrogen) atoms. The van der Waals surface area contributed by atoms with Gasteiger partial charge in [0, 0.05) is 6.54 Å². The van der Waals surface area contributed by atoms with Crippen molar-refractivity contribution in [2.75, 3.05) is 31.1 Å². The van der Waals surface area contributed by atoms with Gasteiger partial charge in [0.05, 0.1) is 5.75 Å². The second-order valence-electron chi connectivity index (χ2n) is 4.97. The summed E-state index contributed by atoms with van der Waals surface area (Å²) in [5.74, 6) is -0.451. The van der Waals surface area contributed by atoms with Gasteiger partial charge in [0.1, 0.15) is 5.75 Å². The Balaban J connectivity index is 2.31. The molecule has 1 fully saturated rings. The van der Waals surface area contributed by atoms with Crippen LogP contribution in [-0.2, 0) is 14.6 Å². The molecule has 1 aliphatic heterocycles. The number of unbranched alkanes of at least 4 members (excludes halogenated alkanes) is 1. The number of hydrogen-bond acceptors (Lipinski definition) is 4. The maximum atomic E-state index is 11.9. The molecule has 1 aliphatic rings. The Labute approximate surface area is 110 Å². The van der Waals surface area contributed by atoms with Crippen LogP contribution < -0.4 is 10.6 Å². The standard InChI is InChI=1S/C12H24N2O3S/c1-2-3-7-14-12(15)10-18(16,17)9-11-5-4-6-13-8-11/h11,13H,2-10H2,1H3,(H,14,15). The number of carbonyl (C=O) groups is 1. The molecule has 0 saturated carbocycles. The fraction of sp³-hybridized carbons (Fsp3) is 0.917. The molecule has 1 heterocycles. The van der Waals surface area contributed by atoms with Crippen LogP contribution >= 0.6 is 0 Å². The van der Waals surface area contributed by atoms with Crippen molar-refractivity contribution < 1.29 is 13.2 Å². The first kappa shape index (κ1) is 15.4. The number of carbonyl (C=O) groups excluding carboxylic acids is 1. The summed E-state index contributed by atoms with van der Waals surface area (Å²) in [6.07, 6.45) is 3.83. The highest BCUT2D eigenvalue weighted by molar-refractivity contribution is 7.92. The second-order valence-corrected chi connectivity index (χ2v) is 7.08. The first-order chi connectivity index (χ1) is 8.53. The third-order valence-corrected chi connectivity index (χ3v) is 4.77. The minimum Gasteiger partial charge on any atom is -0.355 e. The predicted molar refractivity (Wildman–Crippen MR) is 72.2 cm³/mol. The minimum atomic E-state index is -3.27. The van der Waals surface area contributed by atoms with E-state index in [-0.39, 0.29) is 23.3 Å². The van der Waals surface area contributed by atoms with Gasteiger partial charge in [-0.1, -0.05) is 13.3 Å². The van der Waals surface area contributed by atoms with E-state index in [9.17, 15) is 13.2 Å². The molecule has 5 nitrogen and oxygen atoms in total. The number of rotatable bonds is 7. The quantitative estimate of drug-likeness (QED) is 0.657. The number of nitrogens with one attached hydrogen (secondary N) is 2. The molecule has 106 valence electrons.